The Morgan fingerprint density at radius 3 is 2.21 bits per heavy atom. The second kappa shape index (κ2) is 6.74. The Bertz CT molecular complexity index is 303. The number of hydrogen-bond donors (Lipinski definition) is 0. The molecule has 82 valence electrons. The summed E-state index contributed by atoms with van der Waals surface area (Å²) < 4.78 is 22.0. The summed E-state index contributed by atoms with van der Waals surface area (Å²) in [5.74, 6) is 0. The first-order valence-corrected chi connectivity index (χ1v) is 6.82. The van der Waals surface area contributed by atoms with Crippen LogP contribution in [0.1, 0.15) is 45.4 Å². The van der Waals surface area contributed by atoms with Crippen molar-refractivity contribution in [3.8, 4) is 0 Å². The lowest BCUT2D eigenvalue weighted by atomic mass is 10.1. The fourth-order valence-electron chi connectivity index (χ4n) is 1.19. The Balaban J connectivity index is 3.84. The molecule has 5 heteroatoms. The second-order valence-corrected chi connectivity index (χ2v) is 5.45. The molecule has 0 aromatic rings. The zero-order valence-electron chi connectivity index (χ0n) is 8.86. The van der Waals surface area contributed by atoms with E-state index in [-0.39, 0.29) is 5.04 Å². The fourth-order valence-corrected chi connectivity index (χ4v) is 1.85. The van der Waals surface area contributed by atoms with Gasteiger partial charge in [0.15, 0.2) is 0 Å². The molecule has 0 aliphatic carbocycles. The molecule has 0 saturated carbocycles. The molecule has 0 aromatic carbocycles. The molecule has 0 rings (SSSR count). The lowest BCUT2D eigenvalue weighted by molar-refractivity contribution is -0.00343. The largest absolute Gasteiger partial charge is 0.381 e. The fraction of sp³-hybridized carbons (Fsp3) is 0.889. The van der Waals surface area contributed by atoms with E-state index in [2.05, 4.69) is 11.7 Å². The molecule has 0 spiro atoms. The van der Waals surface area contributed by atoms with Crippen molar-refractivity contribution in [2.45, 2.75) is 45.4 Å². The SMILES string of the molecule is CCCCCCCC(=[N+]=[N-])S(C)(=O)=O. The maximum Gasteiger partial charge on any atom is 0.381 e. The molecule has 0 fully saturated rings. The van der Waals surface area contributed by atoms with Crippen LogP contribution in [0.25, 0.3) is 5.53 Å². The van der Waals surface area contributed by atoms with Gasteiger partial charge in [-0.3, -0.25) is 0 Å². The van der Waals surface area contributed by atoms with Crippen LogP contribution in [0, 0.1) is 0 Å². The minimum Gasteiger partial charge on any atom is -0.360 e. The molecule has 0 atom stereocenters. The molecule has 0 amide bonds. The summed E-state index contributed by atoms with van der Waals surface area (Å²) in [5, 5.41) is -0.103. The minimum atomic E-state index is -3.31. The van der Waals surface area contributed by atoms with Crippen LogP contribution < -0.4 is 0 Å². The summed E-state index contributed by atoms with van der Waals surface area (Å²) >= 11 is 0. The minimum absolute atomic E-state index is 0.103. The predicted molar refractivity (Wildman–Crippen MR) is 56.8 cm³/mol. The lowest BCUT2D eigenvalue weighted by Crippen LogP contribution is -2.13. The molecular formula is C9H18N2O2S. The molecule has 0 heterocycles. The average Bonchev–Trinajstić information content (AvgIpc) is 2.09. The van der Waals surface area contributed by atoms with Crippen LogP contribution in [-0.2, 0) is 9.84 Å². The Labute approximate surface area is 85.9 Å². The topological polar surface area (TPSA) is 70.5 Å². The summed E-state index contributed by atoms with van der Waals surface area (Å²) in [6.07, 6.45) is 6.61. The maximum atomic E-state index is 11.0. The van der Waals surface area contributed by atoms with E-state index in [0.29, 0.717) is 6.42 Å². The van der Waals surface area contributed by atoms with E-state index in [1.165, 1.54) is 6.42 Å². The van der Waals surface area contributed by atoms with Gasteiger partial charge in [-0.25, -0.2) is 8.42 Å². The third-order valence-electron chi connectivity index (χ3n) is 2.03. The van der Waals surface area contributed by atoms with E-state index < -0.39 is 9.84 Å². The number of rotatable bonds is 6. The first-order chi connectivity index (χ1) is 6.52. The smallest absolute Gasteiger partial charge is 0.360 e. The van der Waals surface area contributed by atoms with Crippen molar-refractivity contribution in [3.05, 3.63) is 5.53 Å². The van der Waals surface area contributed by atoms with Crippen LogP contribution >= 0.6 is 0 Å². The van der Waals surface area contributed by atoms with Gasteiger partial charge in [-0.2, -0.15) is 4.79 Å². The van der Waals surface area contributed by atoms with Crippen LogP contribution in [0.3, 0.4) is 0 Å². The second-order valence-electron chi connectivity index (χ2n) is 3.43. The zero-order valence-corrected chi connectivity index (χ0v) is 9.68. The third-order valence-corrected chi connectivity index (χ3v) is 3.18. The van der Waals surface area contributed by atoms with Gasteiger partial charge < -0.3 is 5.53 Å². The van der Waals surface area contributed by atoms with Gasteiger partial charge in [-0.1, -0.05) is 32.6 Å². The molecule has 0 unspecified atom stereocenters. The first-order valence-electron chi connectivity index (χ1n) is 4.93. The van der Waals surface area contributed by atoms with Gasteiger partial charge in [0.2, 0.25) is 9.84 Å². The summed E-state index contributed by atoms with van der Waals surface area (Å²) in [4.78, 5) is 2.81. The van der Waals surface area contributed by atoms with Gasteiger partial charge in [0.05, 0.1) is 12.7 Å². The molecule has 14 heavy (non-hydrogen) atoms. The van der Waals surface area contributed by atoms with Crippen molar-refractivity contribution in [1.29, 1.82) is 0 Å². The van der Waals surface area contributed by atoms with E-state index >= 15 is 0 Å². The van der Waals surface area contributed by atoms with Crippen LogP contribution in [0.5, 0.6) is 0 Å². The molecule has 0 radical (unpaired) electrons. The van der Waals surface area contributed by atoms with Crippen LogP contribution in [0.2, 0.25) is 0 Å². The van der Waals surface area contributed by atoms with Crippen LogP contribution in [0.15, 0.2) is 0 Å². The van der Waals surface area contributed by atoms with E-state index in [0.717, 1.165) is 31.9 Å². The normalized spacial score (nSPS) is 11.0. The molecule has 0 N–H and O–H groups in total. The lowest BCUT2D eigenvalue weighted by Gasteiger charge is -1.96. The molecule has 0 saturated heterocycles. The highest BCUT2D eigenvalue weighted by Crippen LogP contribution is 2.06. The molecule has 4 nitrogen and oxygen atoms in total. The Kier molecular flexibility index (Phi) is 6.41. The highest BCUT2D eigenvalue weighted by atomic mass is 32.2. The van der Waals surface area contributed by atoms with Gasteiger partial charge >= 0.3 is 5.04 Å². The summed E-state index contributed by atoms with van der Waals surface area (Å²) in [6, 6.07) is 0. The first kappa shape index (κ1) is 13.3. The predicted octanol–water partition coefficient (Wildman–Crippen LogP) is 2.02. The van der Waals surface area contributed by atoms with Crippen molar-refractivity contribution in [3.63, 3.8) is 0 Å². The standard InChI is InChI=1S/C9H18N2O2S/c1-3-4-5-6-7-8-9(11-10)14(2,12)13/h3-8H2,1-2H3. The number of unbranched alkanes of at least 4 members (excludes halogenated alkanes) is 4. The van der Waals surface area contributed by atoms with E-state index in [1.54, 1.807) is 0 Å². The molecule has 0 bridgehead atoms. The highest BCUT2D eigenvalue weighted by Gasteiger charge is 2.20. The van der Waals surface area contributed by atoms with Crippen molar-refractivity contribution >= 4 is 14.9 Å². The highest BCUT2D eigenvalue weighted by molar-refractivity contribution is 8.05. The van der Waals surface area contributed by atoms with Crippen molar-refractivity contribution in [1.82, 2.24) is 0 Å². The molecule has 0 aliphatic heterocycles. The maximum absolute atomic E-state index is 11.0. The van der Waals surface area contributed by atoms with Crippen LogP contribution in [-0.4, -0.2) is 24.5 Å². The summed E-state index contributed by atoms with van der Waals surface area (Å²) in [5.41, 5.74) is 8.47. The van der Waals surface area contributed by atoms with Crippen molar-refractivity contribution < 1.29 is 13.2 Å². The van der Waals surface area contributed by atoms with Crippen molar-refractivity contribution in [2.24, 2.45) is 0 Å². The number of nitrogens with zero attached hydrogens (tertiary/aromatic N) is 2. The van der Waals surface area contributed by atoms with E-state index in [4.69, 9.17) is 5.53 Å². The summed E-state index contributed by atoms with van der Waals surface area (Å²) in [6.45, 7) is 2.12. The molecule has 0 aromatic heterocycles. The van der Waals surface area contributed by atoms with Gasteiger partial charge in [0, 0.05) is 0 Å². The zero-order chi connectivity index (χ0) is 11.0. The van der Waals surface area contributed by atoms with Gasteiger partial charge in [-0.05, 0) is 6.42 Å². The van der Waals surface area contributed by atoms with Crippen molar-refractivity contribution in [2.75, 3.05) is 6.26 Å². The monoisotopic (exact) mass is 218 g/mol. The summed E-state index contributed by atoms with van der Waals surface area (Å²) in [7, 11) is -3.31. The van der Waals surface area contributed by atoms with Gasteiger partial charge in [0.1, 0.15) is 0 Å². The molecular weight excluding hydrogens is 200 g/mol. The number of sulfone groups is 1. The van der Waals surface area contributed by atoms with E-state index in [9.17, 15) is 8.42 Å². The third kappa shape index (κ3) is 5.89. The Morgan fingerprint density at radius 2 is 1.79 bits per heavy atom. The Hall–Kier alpha value is -0.670. The van der Waals surface area contributed by atoms with Gasteiger partial charge in [-0.15, -0.1) is 0 Å². The van der Waals surface area contributed by atoms with Crippen LogP contribution in [0.4, 0.5) is 0 Å². The van der Waals surface area contributed by atoms with Gasteiger partial charge in [0.25, 0.3) is 0 Å². The average molecular weight is 218 g/mol. The number of hydrogen-bond acceptors (Lipinski definition) is 2. The molecule has 0 aliphatic rings. The van der Waals surface area contributed by atoms with E-state index in [1.807, 2.05) is 0 Å². The Morgan fingerprint density at radius 1 is 1.21 bits per heavy atom. The quantitative estimate of drug-likeness (QED) is 0.225.